The summed E-state index contributed by atoms with van der Waals surface area (Å²) in [5, 5.41) is 3.20. The third kappa shape index (κ3) is 4.07. The molecule has 0 radical (unpaired) electrons. The summed E-state index contributed by atoms with van der Waals surface area (Å²) in [5.74, 6) is 0.430. The van der Waals surface area contributed by atoms with E-state index < -0.39 is 11.9 Å². The number of hydrogen-bond donors (Lipinski definition) is 2. The number of para-hydroxylation sites is 1. The van der Waals surface area contributed by atoms with Crippen molar-refractivity contribution in [3.8, 4) is 5.75 Å². The van der Waals surface area contributed by atoms with Crippen LogP contribution in [0.5, 0.6) is 5.75 Å². The minimum absolute atomic E-state index is 0.393. The number of ether oxygens (including phenoxy) is 1. The number of nitrogens with two attached hydrogens (primary N) is 1. The molecule has 0 spiro atoms. The molecular weight excluding hydrogens is 264 g/mol. The van der Waals surface area contributed by atoms with Gasteiger partial charge in [0.25, 0.3) is 0 Å². The maximum atomic E-state index is 11.7. The van der Waals surface area contributed by atoms with Gasteiger partial charge in [-0.25, -0.2) is 0 Å². The molecule has 0 aliphatic rings. The molecule has 0 heterocycles. The van der Waals surface area contributed by atoms with Crippen LogP contribution in [0.1, 0.15) is 24.1 Å². The topological polar surface area (TPSA) is 64.3 Å². The van der Waals surface area contributed by atoms with E-state index in [2.05, 4.69) is 5.32 Å². The molecule has 2 aromatic carbocycles. The number of amides is 1. The van der Waals surface area contributed by atoms with Crippen LogP contribution < -0.4 is 15.8 Å². The summed E-state index contributed by atoms with van der Waals surface area (Å²) in [6.07, 6.45) is 0. The van der Waals surface area contributed by atoms with E-state index in [1.165, 1.54) is 0 Å². The second-order valence-electron chi connectivity index (χ2n) is 4.67. The first-order valence-electron chi connectivity index (χ1n) is 7.00. The lowest BCUT2D eigenvalue weighted by molar-refractivity contribution is -0.120. The van der Waals surface area contributed by atoms with Crippen LogP contribution in [0, 0.1) is 0 Å². The zero-order valence-corrected chi connectivity index (χ0v) is 12.1. The number of carbonyl (C=O) groups excluding carboxylic acids is 1. The Morgan fingerprint density at radius 1 is 1.14 bits per heavy atom. The highest BCUT2D eigenvalue weighted by molar-refractivity contribution is 5.81. The van der Waals surface area contributed by atoms with Crippen molar-refractivity contribution in [1.29, 1.82) is 0 Å². The third-order valence-electron chi connectivity index (χ3n) is 3.19. The minimum Gasteiger partial charge on any atom is -0.494 e. The summed E-state index contributed by atoms with van der Waals surface area (Å²) in [6, 6.07) is 16.7. The van der Waals surface area contributed by atoms with Gasteiger partial charge in [-0.1, -0.05) is 48.5 Å². The van der Waals surface area contributed by atoms with Crippen LogP contribution in [-0.4, -0.2) is 12.5 Å². The summed E-state index contributed by atoms with van der Waals surface area (Å²) in [4.78, 5) is 11.7. The van der Waals surface area contributed by atoms with E-state index in [1.54, 1.807) is 0 Å². The summed E-state index contributed by atoms with van der Waals surface area (Å²) in [5.41, 5.74) is 7.36. The number of primary amides is 1. The fraction of sp³-hybridized carbons (Fsp3) is 0.235. The number of hydrogen-bond acceptors (Lipinski definition) is 3. The van der Waals surface area contributed by atoms with Gasteiger partial charge in [0.1, 0.15) is 11.8 Å². The van der Waals surface area contributed by atoms with Gasteiger partial charge in [0.05, 0.1) is 6.61 Å². The molecule has 0 bridgehead atoms. The van der Waals surface area contributed by atoms with E-state index in [-0.39, 0.29) is 0 Å². The number of nitrogens with one attached hydrogen (secondary N) is 1. The molecule has 2 aromatic rings. The van der Waals surface area contributed by atoms with Crippen molar-refractivity contribution in [1.82, 2.24) is 5.32 Å². The average Bonchev–Trinajstić information content (AvgIpc) is 2.50. The van der Waals surface area contributed by atoms with E-state index >= 15 is 0 Å². The highest BCUT2D eigenvalue weighted by Gasteiger charge is 2.17. The molecule has 0 fully saturated rings. The van der Waals surface area contributed by atoms with Crippen molar-refractivity contribution >= 4 is 5.91 Å². The highest BCUT2D eigenvalue weighted by atomic mass is 16.5. The fourth-order valence-electron chi connectivity index (χ4n) is 2.19. The van der Waals surface area contributed by atoms with Gasteiger partial charge in [-0.05, 0) is 18.6 Å². The van der Waals surface area contributed by atoms with Gasteiger partial charge in [-0.15, -0.1) is 0 Å². The van der Waals surface area contributed by atoms with Crippen LogP contribution in [0.2, 0.25) is 0 Å². The number of rotatable bonds is 7. The Labute approximate surface area is 124 Å². The van der Waals surface area contributed by atoms with E-state index in [1.807, 2.05) is 61.5 Å². The second kappa shape index (κ2) is 7.45. The minimum atomic E-state index is -0.513. The summed E-state index contributed by atoms with van der Waals surface area (Å²) in [6.45, 7) is 3.06. The van der Waals surface area contributed by atoms with Gasteiger partial charge < -0.3 is 10.5 Å². The maximum absolute atomic E-state index is 11.7. The summed E-state index contributed by atoms with van der Waals surface area (Å²) >= 11 is 0. The first-order valence-corrected chi connectivity index (χ1v) is 7.00. The standard InChI is InChI=1S/C17H20N2O2/c1-2-21-15-11-7-6-10-14(15)12-19-16(17(18)20)13-8-4-3-5-9-13/h3-11,16,19H,2,12H2,1H3,(H2,18,20). The Morgan fingerprint density at radius 2 is 1.81 bits per heavy atom. The fourth-order valence-corrected chi connectivity index (χ4v) is 2.19. The van der Waals surface area contributed by atoms with Gasteiger partial charge in [0.15, 0.2) is 0 Å². The van der Waals surface area contributed by atoms with Crippen LogP contribution in [-0.2, 0) is 11.3 Å². The smallest absolute Gasteiger partial charge is 0.239 e. The lowest BCUT2D eigenvalue weighted by Crippen LogP contribution is -2.33. The van der Waals surface area contributed by atoms with Crippen molar-refractivity contribution in [2.75, 3.05) is 6.61 Å². The lowest BCUT2D eigenvalue weighted by atomic mass is 10.1. The Bertz CT molecular complexity index is 584. The van der Waals surface area contributed by atoms with Crippen LogP contribution in [0.3, 0.4) is 0 Å². The van der Waals surface area contributed by atoms with Crippen molar-refractivity contribution < 1.29 is 9.53 Å². The quantitative estimate of drug-likeness (QED) is 0.820. The molecule has 2 rings (SSSR count). The summed E-state index contributed by atoms with van der Waals surface area (Å²) < 4.78 is 5.58. The maximum Gasteiger partial charge on any atom is 0.239 e. The molecule has 4 heteroatoms. The number of benzene rings is 2. The van der Waals surface area contributed by atoms with Crippen LogP contribution in [0.4, 0.5) is 0 Å². The Kier molecular flexibility index (Phi) is 5.35. The molecule has 0 aromatic heterocycles. The van der Waals surface area contributed by atoms with E-state index in [9.17, 15) is 4.79 Å². The zero-order chi connectivity index (χ0) is 15.1. The van der Waals surface area contributed by atoms with Gasteiger partial charge in [0.2, 0.25) is 5.91 Å². The van der Waals surface area contributed by atoms with E-state index in [0.717, 1.165) is 16.9 Å². The van der Waals surface area contributed by atoms with Gasteiger partial charge >= 0.3 is 0 Å². The Morgan fingerprint density at radius 3 is 2.48 bits per heavy atom. The van der Waals surface area contributed by atoms with Crippen molar-refractivity contribution in [2.45, 2.75) is 19.5 Å². The number of carbonyl (C=O) groups is 1. The third-order valence-corrected chi connectivity index (χ3v) is 3.19. The molecular formula is C17H20N2O2. The average molecular weight is 284 g/mol. The summed E-state index contributed by atoms with van der Waals surface area (Å²) in [7, 11) is 0. The molecule has 0 saturated carbocycles. The van der Waals surface area contributed by atoms with Crippen LogP contribution >= 0.6 is 0 Å². The molecule has 21 heavy (non-hydrogen) atoms. The SMILES string of the molecule is CCOc1ccccc1CNC(C(N)=O)c1ccccc1. The predicted molar refractivity (Wildman–Crippen MR) is 82.8 cm³/mol. The molecule has 0 aliphatic carbocycles. The normalized spacial score (nSPS) is 11.9. The van der Waals surface area contributed by atoms with Crippen molar-refractivity contribution in [3.05, 3.63) is 65.7 Å². The van der Waals surface area contributed by atoms with E-state index in [4.69, 9.17) is 10.5 Å². The zero-order valence-electron chi connectivity index (χ0n) is 12.1. The molecule has 110 valence electrons. The molecule has 1 atom stereocenters. The van der Waals surface area contributed by atoms with Crippen LogP contribution in [0.25, 0.3) is 0 Å². The largest absolute Gasteiger partial charge is 0.494 e. The van der Waals surface area contributed by atoms with Crippen molar-refractivity contribution in [2.24, 2.45) is 5.73 Å². The molecule has 0 saturated heterocycles. The Balaban J connectivity index is 2.11. The van der Waals surface area contributed by atoms with Gasteiger partial charge in [-0.2, -0.15) is 0 Å². The second-order valence-corrected chi connectivity index (χ2v) is 4.67. The van der Waals surface area contributed by atoms with Gasteiger partial charge in [0, 0.05) is 12.1 Å². The van der Waals surface area contributed by atoms with E-state index in [0.29, 0.717) is 13.2 Å². The highest BCUT2D eigenvalue weighted by Crippen LogP contribution is 2.19. The molecule has 4 nitrogen and oxygen atoms in total. The molecule has 0 aliphatic heterocycles. The van der Waals surface area contributed by atoms with Crippen molar-refractivity contribution in [3.63, 3.8) is 0 Å². The van der Waals surface area contributed by atoms with Crippen LogP contribution in [0.15, 0.2) is 54.6 Å². The first kappa shape index (κ1) is 15.1. The molecule has 1 amide bonds. The lowest BCUT2D eigenvalue weighted by Gasteiger charge is -2.17. The molecule has 3 N–H and O–H groups in total. The molecule has 1 unspecified atom stereocenters. The monoisotopic (exact) mass is 284 g/mol. The Hall–Kier alpha value is -2.33. The first-order chi connectivity index (χ1) is 10.2. The van der Waals surface area contributed by atoms with Gasteiger partial charge in [-0.3, -0.25) is 10.1 Å². The predicted octanol–water partition coefficient (Wildman–Crippen LogP) is 2.40.